The molecule has 1 amide bonds. The number of amides is 1. The zero-order chi connectivity index (χ0) is 20.0. The summed E-state index contributed by atoms with van der Waals surface area (Å²) in [6.07, 6.45) is -0.486. The molecule has 2 rings (SSSR count). The second kappa shape index (κ2) is 8.58. The van der Waals surface area contributed by atoms with Crippen LogP contribution in [0.3, 0.4) is 0 Å². The Labute approximate surface area is 159 Å². The summed E-state index contributed by atoms with van der Waals surface area (Å²) in [5.41, 5.74) is 1.03. The van der Waals surface area contributed by atoms with Crippen LogP contribution in [0, 0.1) is 6.92 Å². The standard InChI is InChI=1S/C21H25NO5/c1-15-10-11-17(19(23)24)18(14-15)26-13-12-22(16-8-6-5-7-9-16)20(25)27-21(2,3)4/h5-11,14H,12-13H2,1-4H3,(H,23,24). The number of hydrogen-bond acceptors (Lipinski definition) is 4. The van der Waals surface area contributed by atoms with Crippen molar-refractivity contribution >= 4 is 17.7 Å². The number of anilines is 1. The van der Waals surface area contributed by atoms with Crippen LogP contribution in [-0.2, 0) is 4.74 Å². The SMILES string of the molecule is Cc1ccc(C(=O)O)c(OCCN(C(=O)OC(C)(C)C)c2ccccc2)c1. The van der Waals surface area contributed by atoms with Crippen molar-refractivity contribution in [1.82, 2.24) is 0 Å². The van der Waals surface area contributed by atoms with Crippen molar-refractivity contribution < 1.29 is 24.2 Å². The summed E-state index contributed by atoms with van der Waals surface area (Å²) in [5.74, 6) is -0.781. The van der Waals surface area contributed by atoms with Crippen LogP contribution >= 0.6 is 0 Å². The van der Waals surface area contributed by atoms with Gasteiger partial charge >= 0.3 is 12.1 Å². The third kappa shape index (κ3) is 6.02. The number of rotatable bonds is 6. The number of benzene rings is 2. The van der Waals surface area contributed by atoms with Gasteiger partial charge in [-0.1, -0.05) is 24.3 Å². The summed E-state index contributed by atoms with van der Waals surface area (Å²) >= 11 is 0. The highest BCUT2D eigenvalue weighted by Gasteiger charge is 2.23. The van der Waals surface area contributed by atoms with Gasteiger partial charge in [-0.05, 0) is 57.5 Å². The fourth-order valence-corrected chi connectivity index (χ4v) is 2.42. The van der Waals surface area contributed by atoms with Gasteiger partial charge in [0.25, 0.3) is 0 Å². The molecule has 0 atom stereocenters. The van der Waals surface area contributed by atoms with Gasteiger partial charge in [0.1, 0.15) is 23.5 Å². The lowest BCUT2D eigenvalue weighted by Gasteiger charge is -2.27. The second-order valence-electron chi connectivity index (χ2n) is 7.12. The lowest BCUT2D eigenvalue weighted by atomic mass is 10.1. The average molecular weight is 371 g/mol. The topological polar surface area (TPSA) is 76.1 Å². The molecule has 0 fully saturated rings. The normalized spacial score (nSPS) is 11.0. The number of carboxylic acid groups (broad SMARTS) is 1. The maximum absolute atomic E-state index is 12.6. The predicted octanol–water partition coefficient (Wildman–Crippen LogP) is 4.51. The molecular formula is C21H25NO5. The Bertz CT molecular complexity index is 796. The van der Waals surface area contributed by atoms with Crippen LogP contribution in [0.1, 0.15) is 36.7 Å². The number of hydrogen-bond donors (Lipinski definition) is 1. The van der Waals surface area contributed by atoms with Gasteiger partial charge in [0.05, 0.1) is 6.54 Å². The van der Waals surface area contributed by atoms with Crippen molar-refractivity contribution in [2.24, 2.45) is 0 Å². The van der Waals surface area contributed by atoms with Crippen molar-refractivity contribution in [2.45, 2.75) is 33.3 Å². The summed E-state index contributed by atoms with van der Waals surface area (Å²) in [6.45, 7) is 7.60. The molecule has 0 aliphatic heterocycles. The molecule has 0 radical (unpaired) electrons. The van der Waals surface area contributed by atoms with Gasteiger partial charge in [-0.2, -0.15) is 0 Å². The Morgan fingerprint density at radius 2 is 1.74 bits per heavy atom. The van der Waals surface area contributed by atoms with Gasteiger partial charge < -0.3 is 14.6 Å². The molecule has 27 heavy (non-hydrogen) atoms. The van der Waals surface area contributed by atoms with Gasteiger partial charge in [0.2, 0.25) is 0 Å². The van der Waals surface area contributed by atoms with E-state index in [0.29, 0.717) is 5.69 Å². The Kier molecular flexibility index (Phi) is 6.45. The fraction of sp³-hybridized carbons (Fsp3) is 0.333. The summed E-state index contributed by atoms with van der Waals surface area (Å²) in [4.78, 5) is 25.4. The first-order chi connectivity index (χ1) is 12.7. The van der Waals surface area contributed by atoms with E-state index in [-0.39, 0.29) is 24.5 Å². The Balaban J connectivity index is 2.14. The molecule has 1 N–H and O–H groups in total. The lowest BCUT2D eigenvalue weighted by molar-refractivity contribution is 0.0572. The van der Waals surface area contributed by atoms with E-state index < -0.39 is 17.7 Å². The van der Waals surface area contributed by atoms with E-state index in [2.05, 4.69) is 0 Å². The quantitative estimate of drug-likeness (QED) is 0.808. The zero-order valence-electron chi connectivity index (χ0n) is 16.1. The highest BCUT2D eigenvalue weighted by atomic mass is 16.6. The van der Waals surface area contributed by atoms with Crippen molar-refractivity contribution in [3.63, 3.8) is 0 Å². The first kappa shape index (κ1) is 20.3. The molecule has 0 bridgehead atoms. The zero-order valence-corrected chi connectivity index (χ0v) is 16.1. The van der Waals surface area contributed by atoms with Gasteiger partial charge in [-0.25, -0.2) is 9.59 Å². The van der Waals surface area contributed by atoms with Crippen molar-refractivity contribution in [3.8, 4) is 5.75 Å². The Morgan fingerprint density at radius 1 is 1.07 bits per heavy atom. The number of nitrogens with zero attached hydrogens (tertiary/aromatic N) is 1. The van der Waals surface area contributed by atoms with E-state index in [1.807, 2.05) is 25.1 Å². The maximum atomic E-state index is 12.6. The third-order valence-corrected chi connectivity index (χ3v) is 3.62. The van der Waals surface area contributed by atoms with Crippen LogP contribution < -0.4 is 9.64 Å². The fourth-order valence-electron chi connectivity index (χ4n) is 2.42. The molecule has 6 heteroatoms. The predicted molar refractivity (Wildman–Crippen MR) is 104 cm³/mol. The molecule has 2 aromatic rings. The molecule has 6 nitrogen and oxygen atoms in total. The lowest BCUT2D eigenvalue weighted by Crippen LogP contribution is -2.39. The van der Waals surface area contributed by atoms with E-state index in [9.17, 15) is 14.7 Å². The monoisotopic (exact) mass is 371 g/mol. The number of ether oxygens (including phenoxy) is 2. The maximum Gasteiger partial charge on any atom is 0.414 e. The summed E-state index contributed by atoms with van der Waals surface area (Å²) in [6, 6.07) is 14.0. The molecule has 0 heterocycles. The number of carbonyl (C=O) groups is 2. The molecule has 0 aromatic heterocycles. The van der Waals surface area contributed by atoms with Gasteiger partial charge in [0.15, 0.2) is 0 Å². The van der Waals surface area contributed by atoms with E-state index in [4.69, 9.17) is 9.47 Å². The largest absolute Gasteiger partial charge is 0.491 e. The molecular weight excluding hydrogens is 346 g/mol. The molecule has 0 saturated heterocycles. The second-order valence-corrected chi connectivity index (χ2v) is 7.12. The molecule has 2 aromatic carbocycles. The van der Waals surface area contributed by atoms with Crippen LogP contribution in [-0.4, -0.2) is 35.9 Å². The van der Waals surface area contributed by atoms with Gasteiger partial charge in [-0.3, -0.25) is 4.90 Å². The number of para-hydroxylation sites is 1. The molecule has 0 unspecified atom stereocenters. The van der Waals surface area contributed by atoms with Crippen LogP contribution in [0.5, 0.6) is 5.75 Å². The Hall–Kier alpha value is -3.02. The first-order valence-corrected chi connectivity index (χ1v) is 8.70. The Morgan fingerprint density at radius 3 is 2.33 bits per heavy atom. The first-order valence-electron chi connectivity index (χ1n) is 8.70. The summed E-state index contributed by atoms with van der Waals surface area (Å²) in [5, 5.41) is 9.29. The minimum Gasteiger partial charge on any atom is -0.491 e. The minimum absolute atomic E-state index is 0.0872. The van der Waals surface area contributed by atoms with Crippen LogP contribution in [0.15, 0.2) is 48.5 Å². The van der Waals surface area contributed by atoms with Crippen molar-refractivity contribution in [3.05, 3.63) is 59.7 Å². The summed E-state index contributed by atoms with van der Waals surface area (Å²) in [7, 11) is 0. The van der Waals surface area contributed by atoms with Crippen LogP contribution in [0.2, 0.25) is 0 Å². The highest BCUT2D eigenvalue weighted by Crippen LogP contribution is 2.22. The van der Waals surface area contributed by atoms with Crippen molar-refractivity contribution in [2.75, 3.05) is 18.1 Å². The average Bonchev–Trinajstić information content (AvgIpc) is 2.57. The smallest absolute Gasteiger partial charge is 0.414 e. The minimum atomic E-state index is -1.06. The molecule has 0 aliphatic carbocycles. The molecule has 144 valence electrons. The van der Waals surface area contributed by atoms with Crippen LogP contribution in [0.25, 0.3) is 0 Å². The molecule has 0 aliphatic rings. The number of aromatic carboxylic acids is 1. The van der Waals surface area contributed by atoms with Gasteiger partial charge in [-0.15, -0.1) is 0 Å². The van der Waals surface area contributed by atoms with Gasteiger partial charge in [0, 0.05) is 5.69 Å². The molecule has 0 saturated carbocycles. The summed E-state index contributed by atoms with van der Waals surface area (Å²) < 4.78 is 11.2. The van der Waals surface area contributed by atoms with E-state index >= 15 is 0 Å². The van der Waals surface area contributed by atoms with E-state index in [1.54, 1.807) is 45.0 Å². The van der Waals surface area contributed by atoms with E-state index in [0.717, 1.165) is 5.56 Å². The third-order valence-electron chi connectivity index (χ3n) is 3.62. The van der Waals surface area contributed by atoms with Crippen molar-refractivity contribution in [1.29, 1.82) is 0 Å². The molecule has 0 spiro atoms. The van der Waals surface area contributed by atoms with E-state index in [1.165, 1.54) is 11.0 Å². The number of carbonyl (C=O) groups excluding carboxylic acids is 1. The van der Waals surface area contributed by atoms with Crippen LogP contribution in [0.4, 0.5) is 10.5 Å². The highest BCUT2D eigenvalue weighted by molar-refractivity contribution is 5.91. The number of aryl methyl sites for hydroxylation is 1. The number of carboxylic acids is 1.